The molecule has 1 amide bonds. The molecule has 0 radical (unpaired) electrons. The zero-order valence-electron chi connectivity index (χ0n) is 14.6. The molecule has 2 aromatic heterocycles. The maximum atomic E-state index is 12.5. The summed E-state index contributed by atoms with van der Waals surface area (Å²) in [6.07, 6.45) is 0. The van der Waals surface area contributed by atoms with Gasteiger partial charge >= 0.3 is 5.69 Å². The van der Waals surface area contributed by atoms with Gasteiger partial charge in [0, 0.05) is 14.1 Å². The molecular weight excluding hydrogens is 402 g/mol. The SMILES string of the molecule is CC(NC(=O)Cn1c(Br)nc2c(=O)n(C)c(=O)n(C)c21)c1ccccc1. The molecule has 0 aliphatic carbocycles. The second kappa shape index (κ2) is 6.91. The van der Waals surface area contributed by atoms with E-state index in [9.17, 15) is 14.4 Å². The van der Waals surface area contributed by atoms with E-state index < -0.39 is 11.2 Å². The average Bonchev–Trinajstić information content (AvgIpc) is 2.95. The Kier molecular flexibility index (Phi) is 4.82. The van der Waals surface area contributed by atoms with Crippen molar-refractivity contribution >= 4 is 33.0 Å². The van der Waals surface area contributed by atoms with Crippen molar-refractivity contribution in [3.8, 4) is 0 Å². The molecule has 9 heteroatoms. The molecule has 8 nitrogen and oxygen atoms in total. The number of halogens is 1. The summed E-state index contributed by atoms with van der Waals surface area (Å²) in [6.45, 7) is 1.81. The van der Waals surface area contributed by atoms with Crippen molar-refractivity contribution in [3.63, 3.8) is 0 Å². The summed E-state index contributed by atoms with van der Waals surface area (Å²) >= 11 is 3.28. The van der Waals surface area contributed by atoms with Gasteiger partial charge in [-0.05, 0) is 28.4 Å². The zero-order chi connectivity index (χ0) is 19.0. The normalized spacial score (nSPS) is 12.3. The van der Waals surface area contributed by atoms with Crippen LogP contribution in [0.4, 0.5) is 0 Å². The van der Waals surface area contributed by atoms with Gasteiger partial charge in [0.05, 0.1) is 6.04 Å². The summed E-state index contributed by atoms with van der Waals surface area (Å²) in [5, 5.41) is 2.91. The second-order valence-corrected chi connectivity index (χ2v) is 6.75. The Morgan fingerprint density at radius 3 is 2.50 bits per heavy atom. The van der Waals surface area contributed by atoms with Crippen molar-refractivity contribution in [3.05, 3.63) is 61.5 Å². The topological polar surface area (TPSA) is 90.9 Å². The van der Waals surface area contributed by atoms with Crippen molar-refractivity contribution < 1.29 is 4.79 Å². The van der Waals surface area contributed by atoms with Crippen molar-refractivity contribution in [2.24, 2.45) is 14.1 Å². The molecule has 0 aliphatic heterocycles. The highest BCUT2D eigenvalue weighted by molar-refractivity contribution is 9.10. The molecule has 1 atom stereocenters. The summed E-state index contributed by atoms with van der Waals surface area (Å²) in [7, 11) is 2.94. The third kappa shape index (κ3) is 3.10. The first-order valence-corrected chi connectivity index (χ1v) is 8.76. The van der Waals surface area contributed by atoms with Crippen LogP contribution in [0.1, 0.15) is 18.5 Å². The van der Waals surface area contributed by atoms with Gasteiger partial charge in [0.15, 0.2) is 15.9 Å². The zero-order valence-corrected chi connectivity index (χ0v) is 16.1. The Morgan fingerprint density at radius 1 is 1.19 bits per heavy atom. The molecule has 136 valence electrons. The summed E-state index contributed by atoms with van der Waals surface area (Å²) in [5.74, 6) is -0.255. The minimum atomic E-state index is -0.499. The van der Waals surface area contributed by atoms with Crippen LogP contribution >= 0.6 is 15.9 Å². The lowest BCUT2D eigenvalue weighted by atomic mass is 10.1. The van der Waals surface area contributed by atoms with Gasteiger partial charge in [-0.2, -0.15) is 0 Å². The third-order valence-corrected chi connectivity index (χ3v) is 4.88. The number of nitrogens with one attached hydrogen (secondary N) is 1. The fraction of sp³-hybridized carbons (Fsp3) is 0.294. The van der Waals surface area contributed by atoms with Gasteiger partial charge < -0.3 is 5.32 Å². The number of carbonyl (C=O) groups excluding carboxylic acids is 1. The van der Waals surface area contributed by atoms with E-state index in [2.05, 4.69) is 26.2 Å². The Bertz CT molecular complexity index is 1100. The summed E-state index contributed by atoms with van der Waals surface area (Å²) in [6, 6.07) is 9.41. The maximum absolute atomic E-state index is 12.5. The van der Waals surface area contributed by atoms with E-state index in [0.29, 0.717) is 10.4 Å². The lowest BCUT2D eigenvalue weighted by molar-refractivity contribution is -0.122. The molecule has 0 fully saturated rings. The van der Waals surface area contributed by atoms with E-state index in [1.165, 1.54) is 16.2 Å². The Morgan fingerprint density at radius 2 is 1.85 bits per heavy atom. The number of amides is 1. The number of imidazole rings is 1. The number of fused-ring (bicyclic) bond motifs is 1. The number of hydrogen-bond donors (Lipinski definition) is 1. The minimum Gasteiger partial charge on any atom is -0.348 e. The quantitative estimate of drug-likeness (QED) is 0.640. The molecule has 2 heterocycles. The number of hydrogen-bond acceptors (Lipinski definition) is 4. The smallest absolute Gasteiger partial charge is 0.332 e. The fourth-order valence-electron chi connectivity index (χ4n) is 2.86. The van der Waals surface area contributed by atoms with Crippen LogP contribution in [-0.2, 0) is 25.4 Å². The van der Waals surface area contributed by atoms with Gasteiger partial charge in [0.25, 0.3) is 5.56 Å². The first kappa shape index (κ1) is 18.1. The number of rotatable bonds is 4. The van der Waals surface area contributed by atoms with Crippen LogP contribution in [0.15, 0.2) is 44.7 Å². The highest BCUT2D eigenvalue weighted by atomic mass is 79.9. The van der Waals surface area contributed by atoms with Crippen LogP contribution in [0.25, 0.3) is 11.2 Å². The Balaban J connectivity index is 1.94. The Hall–Kier alpha value is -2.68. The minimum absolute atomic E-state index is 0.0747. The molecular formula is C17H18BrN5O3. The van der Waals surface area contributed by atoms with Crippen LogP contribution < -0.4 is 16.6 Å². The number of benzene rings is 1. The predicted molar refractivity (Wildman–Crippen MR) is 101 cm³/mol. The molecule has 1 unspecified atom stereocenters. The number of aromatic nitrogens is 4. The van der Waals surface area contributed by atoms with Crippen molar-refractivity contribution in [1.82, 2.24) is 24.0 Å². The molecule has 0 saturated carbocycles. The fourth-order valence-corrected chi connectivity index (χ4v) is 3.33. The molecule has 0 spiro atoms. The van der Waals surface area contributed by atoms with Crippen molar-refractivity contribution in [1.29, 1.82) is 0 Å². The average molecular weight is 420 g/mol. The molecule has 3 aromatic rings. The third-order valence-electron chi connectivity index (χ3n) is 4.27. The lowest BCUT2D eigenvalue weighted by Crippen LogP contribution is -2.38. The van der Waals surface area contributed by atoms with Gasteiger partial charge in [-0.3, -0.25) is 23.3 Å². The van der Waals surface area contributed by atoms with E-state index in [4.69, 9.17) is 0 Å². The number of nitrogens with zero attached hydrogens (tertiary/aromatic N) is 4. The monoisotopic (exact) mass is 419 g/mol. The van der Waals surface area contributed by atoms with Crippen molar-refractivity contribution in [2.45, 2.75) is 19.5 Å². The van der Waals surface area contributed by atoms with Gasteiger partial charge in [-0.1, -0.05) is 30.3 Å². The number of aryl methyl sites for hydroxylation is 1. The lowest BCUT2D eigenvalue weighted by Gasteiger charge is -2.15. The highest BCUT2D eigenvalue weighted by Crippen LogP contribution is 2.17. The van der Waals surface area contributed by atoms with Crippen LogP contribution in [0.3, 0.4) is 0 Å². The van der Waals surface area contributed by atoms with Crippen LogP contribution in [0.5, 0.6) is 0 Å². The molecule has 0 aliphatic rings. The predicted octanol–water partition coefficient (Wildman–Crippen LogP) is 1.07. The Labute approximate surface area is 157 Å². The maximum Gasteiger partial charge on any atom is 0.332 e. The van der Waals surface area contributed by atoms with Crippen LogP contribution in [0.2, 0.25) is 0 Å². The van der Waals surface area contributed by atoms with E-state index in [1.54, 1.807) is 7.05 Å². The van der Waals surface area contributed by atoms with E-state index in [-0.39, 0.29) is 24.0 Å². The van der Waals surface area contributed by atoms with Gasteiger partial charge in [0.1, 0.15) is 6.54 Å². The summed E-state index contributed by atoms with van der Waals surface area (Å²) < 4.78 is 4.12. The first-order chi connectivity index (χ1) is 12.3. The van der Waals surface area contributed by atoms with Gasteiger partial charge in [0.2, 0.25) is 5.91 Å². The molecule has 0 bridgehead atoms. The standard InChI is InChI=1S/C17H18BrN5O3/c1-10(11-7-5-4-6-8-11)19-12(24)9-23-14-13(20-16(23)18)15(25)22(3)17(26)21(14)2/h4-8,10H,9H2,1-3H3,(H,19,24). The number of carbonyl (C=O) groups is 1. The second-order valence-electron chi connectivity index (χ2n) is 6.04. The van der Waals surface area contributed by atoms with Crippen LogP contribution in [-0.4, -0.2) is 24.6 Å². The molecule has 1 N–H and O–H groups in total. The summed E-state index contributed by atoms with van der Waals surface area (Å²) in [5.41, 5.74) is 0.435. The highest BCUT2D eigenvalue weighted by Gasteiger charge is 2.20. The van der Waals surface area contributed by atoms with Gasteiger partial charge in [-0.15, -0.1) is 0 Å². The van der Waals surface area contributed by atoms with E-state index in [0.717, 1.165) is 10.1 Å². The van der Waals surface area contributed by atoms with Crippen molar-refractivity contribution in [2.75, 3.05) is 0 Å². The molecule has 1 aromatic carbocycles. The largest absolute Gasteiger partial charge is 0.348 e. The molecule has 3 rings (SSSR count). The molecule has 26 heavy (non-hydrogen) atoms. The van der Waals surface area contributed by atoms with E-state index in [1.807, 2.05) is 37.3 Å². The first-order valence-electron chi connectivity index (χ1n) is 7.97. The summed E-state index contributed by atoms with van der Waals surface area (Å²) in [4.78, 5) is 41.1. The van der Waals surface area contributed by atoms with Gasteiger partial charge in [-0.25, -0.2) is 9.78 Å². The molecule has 0 saturated heterocycles. The van der Waals surface area contributed by atoms with E-state index >= 15 is 0 Å². The van der Waals surface area contributed by atoms with Crippen LogP contribution in [0, 0.1) is 0 Å².